The molecule has 0 radical (unpaired) electrons. The Hall–Kier alpha value is -3.43. The Labute approximate surface area is 159 Å². The summed E-state index contributed by atoms with van der Waals surface area (Å²) in [6, 6.07) is 3.42. The summed E-state index contributed by atoms with van der Waals surface area (Å²) in [6.45, 7) is 4.48. The molecule has 2 amide bonds. The fraction of sp³-hybridized carbons (Fsp3) is 0.389. The van der Waals surface area contributed by atoms with Crippen LogP contribution in [-0.4, -0.2) is 72.7 Å². The molecule has 2 unspecified atom stereocenters. The summed E-state index contributed by atoms with van der Waals surface area (Å²) in [5.74, 6) is 0.836. The Morgan fingerprint density at radius 2 is 2.00 bits per heavy atom. The third kappa shape index (κ3) is 2.44. The highest BCUT2D eigenvalue weighted by Gasteiger charge is 2.41. The van der Waals surface area contributed by atoms with E-state index in [0.29, 0.717) is 54.8 Å². The number of hydrogen-bond donors (Lipinski definition) is 1. The molecular formula is C18H19N7O3. The van der Waals surface area contributed by atoms with Gasteiger partial charge in [0.05, 0.1) is 17.5 Å². The van der Waals surface area contributed by atoms with E-state index in [2.05, 4.69) is 15.2 Å². The summed E-state index contributed by atoms with van der Waals surface area (Å²) in [6.07, 6.45) is 4.09. The van der Waals surface area contributed by atoms with E-state index in [1.807, 2.05) is 4.90 Å². The van der Waals surface area contributed by atoms with Crippen molar-refractivity contribution in [1.29, 1.82) is 0 Å². The first-order valence-corrected chi connectivity index (χ1v) is 9.16. The van der Waals surface area contributed by atoms with E-state index in [-0.39, 0.29) is 17.4 Å². The molecule has 2 fully saturated rings. The third-order valence-corrected chi connectivity index (χ3v) is 5.78. The number of nitrogens with one attached hydrogen (secondary N) is 1. The summed E-state index contributed by atoms with van der Waals surface area (Å²) in [5.41, 5.74) is 1.27. The van der Waals surface area contributed by atoms with Gasteiger partial charge in [0.15, 0.2) is 0 Å². The summed E-state index contributed by atoms with van der Waals surface area (Å²) < 4.78 is 2.95. The molecule has 3 aromatic heterocycles. The lowest BCUT2D eigenvalue weighted by Crippen LogP contribution is -2.33. The van der Waals surface area contributed by atoms with E-state index in [0.717, 1.165) is 6.41 Å². The second-order valence-corrected chi connectivity index (χ2v) is 7.46. The summed E-state index contributed by atoms with van der Waals surface area (Å²) in [7, 11) is 0. The first-order chi connectivity index (χ1) is 13.5. The van der Waals surface area contributed by atoms with Crippen LogP contribution in [0.15, 0.2) is 29.3 Å². The van der Waals surface area contributed by atoms with Gasteiger partial charge in [-0.2, -0.15) is 5.10 Å². The van der Waals surface area contributed by atoms with Crippen LogP contribution >= 0.6 is 0 Å². The van der Waals surface area contributed by atoms with Crippen molar-refractivity contribution < 1.29 is 9.59 Å². The van der Waals surface area contributed by atoms with Crippen LogP contribution in [0.5, 0.6) is 0 Å². The van der Waals surface area contributed by atoms with Gasteiger partial charge in [0.2, 0.25) is 12.4 Å². The zero-order valence-electron chi connectivity index (χ0n) is 15.3. The normalized spacial score (nSPS) is 21.5. The third-order valence-electron chi connectivity index (χ3n) is 5.78. The van der Waals surface area contributed by atoms with Crippen LogP contribution in [0.3, 0.4) is 0 Å². The van der Waals surface area contributed by atoms with E-state index in [9.17, 15) is 14.4 Å². The molecule has 2 saturated heterocycles. The number of carbonyl (C=O) groups is 2. The molecule has 1 N–H and O–H groups in total. The lowest BCUT2D eigenvalue weighted by Gasteiger charge is -2.19. The van der Waals surface area contributed by atoms with Crippen LogP contribution in [-0.2, 0) is 4.79 Å². The van der Waals surface area contributed by atoms with Gasteiger partial charge in [0, 0.05) is 44.2 Å². The van der Waals surface area contributed by atoms with Crippen molar-refractivity contribution in [2.75, 3.05) is 26.2 Å². The molecule has 0 saturated carbocycles. The minimum absolute atomic E-state index is 0.0832. The van der Waals surface area contributed by atoms with Crippen molar-refractivity contribution in [3.8, 4) is 5.95 Å². The van der Waals surface area contributed by atoms with Crippen molar-refractivity contribution in [2.24, 2.45) is 11.8 Å². The molecule has 2 aliphatic rings. The monoisotopic (exact) mass is 381 g/mol. The van der Waals surface area contributed by atoms with E-state index in [1.54, 1.807) is 30.2 Å². The molecule has 5 rings (SSSR count). The highest BCUT2D eigenvalue weighted by atomic mass is 16.2. The largest absolute Gasteiger partial charge is 0.345 e. The topological polar surface area (TPSA) is 109 Å². The second kappa shape index (κ2) is 6.04. The van der Waals surface area contributed by atoms with E-state index < -0.39 is 0 Å². The number of carbonyl (C=O) groups excluding carboxylic acids is 2. The number of amides is 2. The average Bonchev–Trinajstić information content (AvgIpc) is 3.43. The molecule has 2 aliphatic heterocycles. The van der Waals surface area contributed by atoms with Gasteiger partial charge in [-0.1, -0.05) is 0 Å². The van der Waals surface area contributed by atoms with E-state index in [4.69, 9.17) is 0 Å². The zero-order valence-corrected chi connectivity index (χ0v) is 15.3. The minimum Gasteiger partial charge on any atom is -0.345 e. The Kier molecular flexibility index (Phi) is 3.61. The molecule has 144 valence electrons. The fourth-order valence-electron chi connectivity index (χ4n) is 4.31. The molecule has 10 heteroatoms. The lowest BCUT2D eigenvalue weighted by atomic mass is 10.0. The molecule has 2 atom stereocenters. The summed E-state index contributed by atoms with van der Waals surface area (Å²) >= 11 is 0. The lowest BCUT2D eigenvalue weighted by molar-refractivity contribution is -0.117. The molecule has 0 bridgehead atoms. The molecular weight excluding hydrogens is 362 g/mol. The summed E-state index contributed by atoms with van der Waals surface area (Å²) in [4.78, 5) is 42.5. The Bertz CT molecular complexity index is 1130. The molecule has 0 spiro atoms. The second-order valence-electron chi connectivity index (χ2n) is 7.46. The molecule has 0 aliphatic carbocycles. The number of aromatic nitrogens is 5. The van der Waals surface area contributed by atoms with Crippen LogP contribution < -0.4 is 5.56 Å². The van der Waals surface area contributed by atoms with Gasteiger partial charge in [-0.05, 0) is 19.1 Å². The SMILES string of the molecule is Cc1c(C(=O)N2CC3CN(C=O)CC3C2)cnn1-c1nn2cccc2c(=O)[nH]1. The number of likely N-dealkylation sites (tertiary alicyclic amines) is 2. The van der Waals surface area contributed by atoms with Crippen LogP contribution in [0, 0.1) is 18.8 Å². The number of nitrogens with zero attached hydrogens (tertiary/aromatic N) is 6. The van der Waals surface area contributed by atoms with Gasteiger partial charge in [0.1, 0.15) is 5.52 Å². The Morgan fingerprint density at radius 3 is 2.71 bits per heavy atom. The molecule has 0 aromatic carbocycles. The van der Waals surface area contributed by atoms with E-state index in [1.165, 1.54) is 15.4 Å². The van der Waals surface area contributed by atoms with Crippen LogP contribution in [0.25, 0.3) is 11.5 Å². The van der Waals surface area contributed by atoms with Crippen molar-refractivity contribution >= 4 is 17.8 Å². The van der Waals surface area contributed by atoms with Crippen LogP contribution in [0.1, 0.15) is 16.1 Å². The maximum Gasteiger partial charge on any atom is 0.276 e. The quantitative estimate of drug-likeness (QED) is 0.626. The molecule has 10 nitrogen and oxygen atoms in total. The van der Waals surface area contributed by atoms with Gasteiger partial charge in [-0.15, -0.1) is 5.10 Å². The van der Waals surface area contributed by atoms with Crippen molar-refractivity contribution in [1.82, 2.24) is 34.2 Å². The number of hydrogen-bond acceptors (Lipinski definition) is 5. The van der Waals surface area contributed by atoms with E-state index >= 15 is 0 Å². The molecule has 3 aromatic rings. The average molecular weight is 381 g/mol. The highest BCUT2D eigenvalue weighted by Crippen LogP contribution is 2.31. The van der Waals surface area contributed by atoms with Gasteiger partial charge in [-0.3, -0.25) is 19.4 Å². The van der Waals surface area contributed by atoms with Crippen LogP contribution in [0.2, 0.25) is 0 Å². The number of rotatable bonds is 3. The van der Waals surface area contributed by atoms with Gasteiger partial charge in [-0.25, -0.2) is 9.20 Å². The minimum atomic E-state index is -0.273. The Morgan fingerprint density at radius 1 is 1.25 bits per heavy atom. The van der Waals surface area contributed by atoms with Gasteiger partial charge in [0.25, 0.3) is 11.5 Å². The molecule has 28 heavy (non-hydrogen) atoms. The van der Waals surface area contributed by atoms with Crippen molar-refractivity contribution in [3.05, 3.63) is 46.1 Å². The van der Waals surface area contributed by atoms with Gasteiger partial charge < -0.3 is 9.80 Å². The maximum absolute atomic E-state index is 13.0. The summed E-state index contributed by atoms with van der Waals surface area (Å²) in [5, 5.41) is 8.64. The van der Waals surface area contributed by atoms with Crippen molar-refractivity contribution in [2.45, 2.75) is 6.92 Å². The maximum atomic E-state index is 13.0. The number of H-pyrrole nitrogens is 1. The van der Waals surface area contributed by atoms with Crippen LogP contribution in [0.4, 0.5) is 0 Å². The standard InChI is InChI=1S/C18H19N7O3/c1-11-14(17(28)23-8-12-6-22(10-26)7-13(12)9-23)5-19-25(11)18-20-16(27)15-3-2-4-24(15)21-18/h2-5,10,12-13H,6-9H2,1H3,(H,20,21,27). The fourth-order valence-corrected chi connectivity index (χ4v) is 4.31. The number of fused-ring (bicyclic) bond motifs is 2. The molecule has 5 heterocycles. The number of aromatic amines is 1. The Balaban J connectivity index is 1.42. The first-order valence-electron chi connectivity index (χ1n) is 9.16. The zero-order chi connectivity index (χ0) is 19.4. The predicted octanol–water partition coefficient (Wildman–Crippen LogP) is -0.323. The van der Waals surface area contributed by atoms with Gasteiger partial charge >= 0.3 is 0 Å². The van der Waals surface area contributed by atoms with Crippen molar-refractivity contribution in [3.63, 3.8) is 0 Å². The first kappa shape index (κ1) is 16.7. The smallest absolute Gasteiger partial charge is 0.276 e. The predicted molar refractivity (Wildman–Crippen MR) is 98.2 cm³/mol. The highest BCUT2D eigenvalue weighted by molar-refractivity contribution is 5.95.